The maximum absolute atomic E-state index is 10.4. The van der Waals surface area contributed by atoms with Crippen LogP contribution in [0.25, 0.3) is 0 Å². The van der Waals surface area contributed by atoms with Gasteiger partial charge < -0.3 is 20.9 Å². The molecule has 6 heteroatoms. The summed E-state index contributed by atoms with van der Waals surface area (Å²) in [5.74, 6) is -0.336. The molecule has 0 aliphatic heterocycles. The van der Waals surface area contributed by atoms with Crippen LogP contribution < -0.4 is 15.8 Å². The number of nitrogens with two attached hydrogens (primary N) is 1. The Hall–Kier alpha value is -1.43. The van der Waals surface area contributed by atoms with E-state index in [2.05, 4.69) is 21.2 Å². The Kier molecular flexibility index (Phi) is 3.79. The van der Waals surface area contributed by atoms with E-state index in [4.69, 9.17) is 15.6 Å². The molecule has 1 aromatic rings. The van der Waals surface area contributed by atoms with E-state index in [0.717, 1.165) is 0 Å². The van der Waals surface area contributed by atoms with Crippen LogP contribution in [-0.2, 0) is 4.79 Å². The summed E-state index contributed by atoms with van der Waals surface area (Å²) in [6.45, 7) is -0.185. The Bertz CT molecular complexity index is 359. The van der Waals surface area contributed by atoms with Crippen LogP contribution in [0, 0.1) is 0 Å². The van der Waals surface area contributed by atoms with Gasteiger partial charge in [-0.05, 0) is 22.0 Å². The summed E-state index contributed by atoms with van der Waals surface area (Å²) in [6.07, 6.45) is 0. The van der Waals surface area contributed by atoms with Crippen molar-refractivity contribution in [3.8, 4) is 5.75 Å². The number of nitrogen functional groups attached to an aromatic ring is 1. The summed E-state index contributed by atoms with van der Waals surface area (Å²) in [5.41, 5.74) is 6.71. The lowest BCUT2D eigenvalue weighted by molar-refractivity contribution is -0.134. The predicted octanol–water partition coefficient (Wildman–Crippen LogP) is 1.54. The molecule has 1 rings (SSSR count). The van der Waals surface area contributed by atoms with Gasteiger partial charge in [0.1, 0.15) is 12.3 Å². The van der Waals surface area contributed by atoms with E-state index < -0.39 is 5.97 Å². The van der Waals surface area contributed by atoms with Crippen molar-refractivity contribution in [2.24, 2.45) is 0 Å². The second kappa shape index (κ2) is 4.88. The molecule has 0 heterocycles. The number of carboxylic acid groups (broad SMARTS) is 1. The van der Waals surface area contributed by atoms with Gasteiger partial charge in [0, 0.05) is 10.5 Å². The first-order chi connectivity index (χ1) is 7.04. The molecule has 4 N–H and O–H groups in total. The number of nitrogens with one attached hydrogen (secondary N) is 1. The number of methoxy groups -OCH3 is 1. The van der Waals surface area contributed by atoms with E-state index in [1.54, 1.807) is 12.1 Å². The Labute approximate surface area is 95.4 Å². The van der Waals surface area contributed by atoms with Crippen LogP contribution in [0.5, 0.6) is 5.75 Å². The number of benzene rings is 1. The largest absolute Gasteiger partial charge is 0.497 e. The molecule has 0 saturated heterocycles. The smallest absolute Gasteiger partial charge is 0.322 e. The molecule has 0 amide bonds. The molecule has 1 aromatic carbocycles. The van der Waals surface area contributed by atoms with E-state index in [9.17, 15) is 4.79 Å². The normalized spacial score (nSPS) is 9.73. The molecule has 0 atom stereocenters. The zero-order chi connectivity index (χ0) is 11.4. The number of halogens is 1. The highest BCUT2D eigenvalue weighted by Crippen LogP contribution is 2.33. The van der Waals surface area contributed by atoms with Crippen LogP contribution in [-0.4, -0.2) is 24.7 Å². The van der Waals surface area contributed by atoms with Crippen LogP contribution in [0.4, 0.5) is 11.4 Å². The zero-order valence-corrected chi connectivity index (χ0v) is 9.67. The van der Waals surface area contributed by atoms with E-state index in [1.807, 2.05) is 0 Å². The van der Waals surface area contributed by atoms with Gasteiger partial charge in [-0.3, -0.25) is 4.79 Å². The van der Waals surface area contributed by atoms with Crippen molar-refractivity contribution in [3.05, 3.63) is 16.6 Å². The molecule has 0 radical (unpaired) electrons. The third-order valence-electron chi connectivity index (χ3n) is 1.75. The molecule has 0 bridgehead atoms. The molecule has 0 aliphatic rings. The lowest BCUT2D eigenvalue weighted by atomic mass is 10.2. The van der Waals surface area contributed by atoms with Crippen molar-refractivity contribution in [1.82, 2.24) is 0 Å². The number of anilines is 2. The van der Waals surface area contributed by atoms with Crippen molar-refractivity contribution >= 4 is 33.3 Å². The summed E-state index contributed by atoms with van der Waals surface area (Å²) in [5, 5.41) is 11.2. The summed E-state index contributed by atoms with van der Waals surface area (Å²) < 4.78 is 5.67. The van der Waals surface area contributed by atoms with Crippen molar-refractivity contribution in [1.29, 1.82) is 0 Å². The van der Waals surface area contributed by atoms with Gasteiger partial charge in [0.05, 0.1) is 18.5 Å². The van der Waals surface area contributed by atoms with E-state index >= 15 is 0 Å². The van der Waals surface area contributed by atoms with Crippen molar-refractivity contribution in [2.75, 3.05) is 24.7 Å². The number of carboxylic acids is 1. The zero-order valence-electron chi connectivity index (χ0n) is 8.08. The Morgan fingerprint density at radius 2 is 2.33 bits per heavy atom. The molecular formula is C9H11BrN2O3. The fourth-order valence-electron chi connectivity index (χ4n) is 1.07. The van der Waals surface area contributed by atoms with Crippen LogP contribution in [0.3, 0.4) is 0 Å². The number of hydrogen-bond donors (Lipinski definition) is 3. The van der Waals surface area contributed by atoms with Gasteiger partial charge in [0.15, 0.2) is 0 Å². The van der Waals surface area contributed by atoms with Gasteiger partial charge in [-0.2, -0.15) is 0 Å². The van der Waals surface area contributed by atoms with Crippen molar-refractivity contribution < 1.29 is 14.6 Å². The van der Waals surface area contributed by atoms with E-state index in [1.165, 1.54) is 7.11 Å². The highest BCUT2D eigenvalue weighted by atomic mass is 79.9. The van der Waals surface area contributed by atoms with Gasteiger partial charge in [-0.25, -0.2) is 0 Å². The number of aliphatic carboxylic acids is 1. The average molecular weight is 275 g/mol. The van der Waals surface area contributed by atoms with Gasteiger partial charge in [0.25, 0.3) is 0 Å². The molecule has 5 nitrogen and oxygen atoms in total. The minimum absolute atomic E-state index is 0.185. The van der Waals surface area contributed by atoms with Gasteiger partial charge in [-0.1, -0.05) is 0 Å². The highest BCUT2D eigenvalue weighted by molar-refractivity contribution is 9.10. The number of rotatable bonds is 4. The summed E-state index contributed by atoms with van der Waals surface area (Å²) in [7, 11) is 1.53. The standard InChI is InChI=1S/C9H11BrN2O3/c1-15-5-2-6(10)9(7(11)3-5)12-4-8(13)14/h2-3,12H,4,11H2,1H3,(H,13,14). The fourth-order valence-corrected chi connectivity index (χ4v) is 1.67. The molecule has 0 aliphatic carbocycles. The van der Waals surface area contributed by atoms with Crippen LogP contribution in [0.15, 0.2) is 16.6 Å². The molecule has 0 fully saturated rings. The monoisotopic (exact) mass is 274 g/mol. The molecule has 15 heavy (non-hydrogen) atoms. The van der Waals surface area contributed by atoms with E-state index in [0.29, 0.717) is 21.6 Å². The van der Waals surface area contributed by atoms with Gasteiger partial charge in [-0.15, -0.1) is 0 Å². The average Bonchev–Trinajstić information content (AvgIpc) is 2.15. The minimum atomic E-state index is -0.947. The molecular weight excluding hydrogens is 264 g/mol. The lowest BCUT2D eigenvalue weighted by Gasteiger charge is -2.11. The molecule has 0 unspecified atom stereocenters. The molecule has 0 saturated carbocycles. The first kappa shape index (κ1) is 11.6. The summed E-state index contributed by atoms with van der Waals surface area (Å²) in [4.78, 5) is 10.4. The maximum atomic E-state index is 10.4. The fraction of sp³-hybridized carbons (Fsp3) is 0.222. The number of ether oxygens (including phenoxy) is 1. The predicted molar refractivity (Wildman–Crippen MR) is 61.2 cm³/mol. The number of carbonyl (C=O) groups is 1. The third kappa shape index (κ3) is 3.02. The molecule has 82 valence electrons. The third-order valence-corrected chi connectivity index (χ3v) is 2.37. The Morgan fingerprint density at radius 3 is 2.80 bits per heavy atom. The van der Waals surface area contributed by atoms with Gasteiger partial charge in [0.2, 0.25) is 0 Å². The highest BCUT2D eigenvalue weighted by Gasteiger charge is 2.08. The topological polar surface area (TPSA) is 84.6 Å². The molecule has 0 aromatic heterocycles. The van der Waals surface area contributed by atoms with Crippen molar-refractivity contribution in [3.63, 3.8) is 0 Å². The summed E-state index contributed by atoms with van der Waals surface area (Å²) in [6, 6.07) is 3.33. The quantitative estimate of drug-likeness (QED) is 0.726. The Morgan fingerprint density at radius 1 is 1.67 bits per heavy atom. The number of hydrogen-bond acceptors (Lipinski definition) is 4. The lowest BCUT2D eigenvalue weighted by Crippen LogP contribution is -2.13. The second-order valence-electron chi connectivity index (χ2n) is 2.82. The Balaban J connectivity index is 2.92. The van der Waals surface area contributed by atoms with Crippen molar-refractivity contribution in [2.45, 2.75) is 0 Å². The van der Waals surface area contributed by atoms with E-state index in [-0.39, 0.29) is 6.54 Å². The van der Waals surface area contributed by atoms with Crippen LogP contribution in [0.1, 0.15) is 0 Å². The maximum Gasteiger partial charge on any atom is 0.322 e. The summed E-state index contributed by atoms with van der Waals surface area (Å²) >= 11 is 3.27. The minimum Gasteiger partial charge on any atom is -0.497 e. The first-order valence-corrected chi connectivity index (χ1v) is 4.92. The van der Waals surface area contributed by atoms with Crippen LogP contribution in [0.2, 0.25) is 0 Å². The SMILES string of the molecule is COc1cc(N)c(NCC(=O)O)c(Br)c1. The first-order valence-electron chi connectivity index (χ1n) is 4.13. The van der Waals surface area contributed by atoms with Crippen LogP contribution >= 0.6 is 15.9 Å². The second-order valence-corrected chi connectivity index (χ2v) is 3.68. The van der Waals surface area contributed by atoms with Gasteiger partial charge >= 0.3 is 5.97 Å². The molecule has 0 spiro atoms.